The zero-order chi connectivity index (χ0) is 18.7. The maximum Gasteiger partial charge on any atom is 0.264 e. The summed E-state index contributed by atoms with van der Waals surface area (Å²) < 4.78 is 10.6. The summed E-state index contributed by atoms with van der Waals surface area (Å²) >= 11 is 7.16. The van der Waals surface area contributed by atoms with Crippen molar-refractivity contribution in [2.45, 2.75) is 6.92 Å². The number of thioether (sulfide) groups is 1. The van der Waals surface area contributed by atoms with E-state index in [4.69, 9.17) is 21.1 Å². The van der Waals surface area contributed by atoms with Gasteiger partial charge in [0.2, 0.25) is 0 Å². The summed E-state index contributed by atoms with van der Waals surface area (Å²) in [7, 11) is 3.17. The lowest BCUT2D eigenvalue weighted by Gasteiger charge is -2.10. The fourth-order valence-electron chi connectivity index (χ4n) is 2.41. The highest BCUT2D eigenvalue weighted by Crippen LogP contribution is 2.34. The standard InChI is InChI=1S/C19H17ClN2O3S/c1-11-8-15(24-2)16(25-3)9-12(11)10-17-18(23)22-19(26-17)21-14-6-4-13(20)5-7-14/h4-10H,1-3H3,(H,21,22,23)/b17-10-. The molecule has 0 aliphatic carbocycles. The minimum Gasteiger partial charge on any atom is -0.493 e. The van der Waals surface area contributed by atoms with Gasteiger partial charge in [0.05, 0.1) is 24.8 Å². The first-order valence-electron chi connectivity index (χ1n) is 7.78. The minimum atomic E-state index is -0.183. The Kier molecular flexibility index (Phi) is 5.54. The van der Waals surface area contributed by atoms with Crippen LogP contribution in [0.1, 0.15) is 11.1 Å². The van der Waals surface area contributed by atoms with E-state index in [2.05, 4.69) is 10.3 Å². The van der Waals surface area contributed by atoms with Gasteiger partial charge in [-0.2, -0.15) is 0 Å². The molecule has 0 unspecified atom stereocenters. The number of benzene rings is 2. The van der Waals surface area contributed by atoms with Crippen LogP contribution in [-0.4, -0.2) is 25.3 Å². The van der Waals surface area contributed by atoms with Crippen molar-refractivity contribution < 1.29 is 14.3 Å². The molecule has 3 rings (SSSR count). The van der Waals surface area contributed by atoms with Crippen molar-refractivity contribution in [3.05, 3.63) is 57.5 Å². The number of carbonyl (C=O) groups is 1. The van der Waals surface area contributed by atoms with E-state index in [0.717, 1.165) is 16.8 Å². The van der Waals surface area contributed by atoms with Gasteiger partial charge in [-0.05, 0) is 72.3 Å². The number of hydrogen-bond donors (Lipinski definition) is 1. The summed E-state index contributed by atoms with van der Waals surface area (Å²) in [5.41, 5.74) is 2.58. The summed E-state index contributed by atoms with van der Waals surface area (Å²) in [6.45, 7) is 1.95. The van der Waals surface area contributed by atoms with Gasteiger partial charge in [0, 0.05) is 5.02 Å². The summed E-state index contributed by atoms with van der Waals surface area (Å²) in [6, 6.07) is 10.8. The minimum absolute atomic E-state index is 0.183. The molecule has 2 aromatic rings. The Bertz CT molecular complexity index is 908. The number of carbonyl (C=O) groups excluding carboxylic acids is 1. The van der Waals surface area contributed by atoms with Crippen molar-refractivity contribution in [1.82, 2.24) is 5.32 Å². The van der Waals surface area contributed by atoms with E-state index in [9.17, 15) is 4.79 Å². The van der Waals surface area contributed by atoms with Gasteiger partial charge in [0.25, 0.3) is 5.91 Å². The summed E-state index contributed by atoms with van der Waals surface area (Å²) in [5.74, 6) is 1.08. The molecule has 1 aliphatic rings. The number of amides is 1. The first-order chi connectivity index (χ1) is 12.5. The highest BCUT2D eigenvalue weighted by atomic mass is 35.5. The van der Waals surface area contributed by atoms with Gasteiger partial charge in [-0.15, -0.1) is 0 Å². The highest BCUT2D eigenvalue weighted by molar-refractivity contribution is 8.18. The predicted molar refractivity (Wildman–Crippen MR) is 107 cm³/mol. The maximum atomic E-state index is 12.3. The molecule has 1 heterocycles. The number of halogens is 1. The van der Waals surface area contributed by atoms with Crippen molar-refractivity contribution in [3.8, 4) is 11.5 Å². The van der Waals surface area contributed by atoms with E-state index < -0.39 is 0 Å². The largest absolute Gasteiger partial charge is 0.493 e. The van der Waals surface area contributed by atoms with Gasteiger partial charge in [0.15, 0.2) is 16.7 Å². The van der Waals surface area contributed by atoms with E-state index in [1.54, 1.807) is 38.5 Å². The van der Waals surface area contributed by atoms with Gasteiger partial charge < -0.3 is 14.8 Å². The van der Waals surface area contributed by atoms with Gasteiger partial charge in [-0.25, -0.2) is 4.99 Å². The zero-order valence-electron chi connectivity index (χ0n) is 14.5. The molecule has 26 heavy (non-hydrogen) atoms. The zero-order valence-corrected chi connectivity index (χ0v) is 16.1. The van der Waals surface area contributed by atoms with Crippen molar-refractivity contribution in [2.75, 3.05) is 14.2 Å². The van der Waals surface area contributed by atoms with E-state index in [-0.39, 0.29) is 5.91 Å². The molecular formula is C19H17ClN2O3S. The smallest absolute Gasteiger partial charge is 0.264 e. The second-order valence-corrected chi connectivity index (χ2v) is 6.99. The van der Waals surface area contributed by atoms with Gasteiger partial charge in [-0.1, -0.05) is 11.6 Å². The Labute approximate surface area is 161 Å². The molecule has 0 aromatic heterocycles. The molecule has 0 radical (unpaired) electrons. The molecule has 0 spiro atoms. The van der Waals surface area contributed by atoms with Crippen LogP contribution in [0.3, 0.4) is 0 Å². The predicted octanol–water partition coefficient (Wildman–Crippen LogP) is 4.56. The quantitative estimate of drug-likeness (QED) is 0.780. The number of amidine groups is 1. The molecule has 1 saturated heterocycles. The number of aliphatic imine (C=N–C) groups is 1. The Morgan fingerprint density at radius 1 is 1.12 bits per heavy atom. The lowest BCUT2D eigenvalue weighted by Crippen LogP contribution is -2.19. The maximum absolute atomic E-state index is 12.3. The molecule has 0 atom stereocenters. The van der Waals surface area contributed by atoms with Crippen molar-refractivity contribution in [2.24, 2.45) is 4.99 Å². The third-order valence-corrected chi connectivity index (χ3v) is 4.93. The van der Waals surface area contributed by atoms with Crippen LogP contribution in [0.2, 0.25) is 5.02 Å². The van der Waals surface area contributed by atoms with Crippen LogP contribution in [0.5, 0.6) is 11.5 Å². The average Bonchev–Trinajstić information content (AvgIpc) is 2.97. The topological polar surface area (TPSA) is 59.9 Å². The Morgan fingerprint density at radius 3 is 2.42 bits per heavy atom. The first-order valence-corrected chi connectivity index (χ1v) is 8.97. The fourth-order valence-corrected chi connectivity index (χ4v) is 3.37. The second kappa shape index (κ2) is 7.85. The third kappa shape index (κ3) is 4.03. The third-order valence-electron chi connectivity index (χ3n) is 3.77. The van der Waals surface area contributed by atoms with Crippen molar-refractivity contribution >= 4 is 46.2 Å². The Morgan fingerprint density at radius 2 is 1.77 bits per heavy atom. The molecule has 0 saturated carbocycles. The molecule has 1 N–H and O–H groups in total. The van der Waals surface area contributed by atoms with Crippen LogP contribution in [0.25, 0.3) is 6.08 Å². The number of rotatable bonds is 4. The number of nitrogens with zero attached hydrogens (tertiary/aromatic N) is 1. The molecule has 2 aromatic carbocycles. The van der Waals surface area contributed by atoms with E-state index in [1.165, 1.54) is 11.8 Å². The molecule has 7 heteroatoms. The molecule has 5 nitrogen and oxygen atoms in total. The summed E-state index contributed by atoms with van der Waals surface area (Å²) in [4.78, 5) is 17.3. The van der Waals surface area contributed by atoms with Crippen LogP contribution < -0.4 is 14.8 Å². The van der Waals surface area contributed by atoms with E-state index >= 15 is 0 Å². The fraction of sp³-hybridized carbons (Fsp3) is 0.158. The molecule has 134 valence electrons. The van der Waals surface area contributed by atoms with Gasteiger partial charge in [-0.3, -0.25) is 4.79 Å². The van der Waals surface area contributed by atoms with Crippen LogP contribution in [0.4, 0.5) is 5.69 Å². The Balaban J connectivity index is 1.88. The van der Waals surface area contributed by atoms with E-state index in [0.29, 0.717) is 26.6 Å². The van der Waals surface area contributed by atoms with Gasteiger partial charge >= 0.3 is 0 Å². The van der Waals surface area contributed by atoms with E-state index in [1.807, 2.05) is 25.1 Å². The number of hydrogen-bond acceptors (Lipinski definition) is 5. The number of ether oxygens (including phenoxy) is 2. The van der Waals surface area contributed by atoms with Crippen molar-refractivity contribution in [3.63, 3.8) is 0 Å². The normalized spacial score (nSPS) is 16.8. The van der Waals surface area contributed by atoms with Crippen LogP contribution >= 0.6 is 23.4 Å². The SMILES string of the molecule is COc1cc(C)c(/C=C2\SC(=Nc3ccc(Cl)cc3)NC2=O)cc1OC. The second-order valence-electron chi connectivity index (χ2n) is 5.52. The molecule has 1 aliphatic heterocycles. The monoisotopic (exact) mass is 388 g/mol. The average molecular weight is 389 g/mol. The summed E-state index contributed by atoms with van der Waals surface area (Å²) in [5, 5.41) is 3.94. The lowest BCUT2D eigenvalue weighted by atomic mass is 10.1. The first kappa shape index (κ1) is 18.4. The van der Waals surface area contributed by atoms with Crippen molar-refractivity contribution in [1.29, 1.82) is 0 Å². The lowest BCUT2D eigenvalue weighted by molar-refractivity contribution is -0.115. The Hall–Kier alpha value is -2.44. The van der Waals surface area contributed by atoms with Gasteiger partial charge in [0.1, 0.15) is 0 Å². The van der Waals surface area contributed by atoms with Crippen LogP contribution in [-0.2, 0) is 4.79 Å². The van der Waals surface area contributed by atoms with Crippen LogP contribution in [0, 0.1) is 6.92 Å². The molecule has 1 fully saturated rings. The number of nitrogens with one attached hydrogen (secondary N) is 1. The molecule has 1 amide bonds. The number of aryl methyl sites for hydroxylation is 1. The molecular weight excluding hydrogens is 372 g/mol. The highest BCUT2D eigenvalue weighted by Gasteiger charge is 2.24. The van der Waals surface area contributed by atoms with Crippen LogP contribution in [0.15, 0.2) is 46.3 Å². The summed E-state index contributed by atoms with van der Waals surface area (Å²) in [6.07, 6.45) is 1.82. The molecule has 0 bridgehead atoms. The number of methoxy groups -OCH3 is 2.